The second-order valence-corrected chi connectivity index (χ2v) is 3.35. The van der Waals surface area contributed by atoms with Crippen molar-refractivity contribution in [1.29, 1.82) is 0 Å². The minimum Gasteiger partial charge on any atom is -0.331 e. The third-order valence-electron chi connectivity index (χ3n) is 2.51. The number of alkyl halides is 2. The minimum atomic E-state index is -2.45. The summed E-state index contributed by atoms with van der Waals surface area (Å²) in [7, 11) is 2.86. The summed E-state index contributed by atoms with van der Waals surface area (Å²) in [5.74, 6) is -1.24. The normalized spacial score (nSPS) is 19.8. The molecule has 16 heavy (non-hydrogen) atoms. The number of nitrogens with zero attached hydrogens (tertiary/aromatic N) is 2. The second kappa shape index (κ2) is 4.88. The van der Waals surface area contributed by atoms with Gasteiger partial charge in [0.1, 0.15) is 0 Å². The van der Waals surface area contributed by atoms with Crippen LogP contribution >= 0.6 is 0 Å². The highest BCUT2D eigenvalue weighted by Crippen LogP contribution is 2.30. The quantitative estimate of drug-likeness (QED) is 0.692. The number of aliphatic imine (C=N–C) groups is 1. The molecule has 0 amide bonds. The minimum absolute atomic E-state index is 0.416. The number of hydrogen-bond acceptors (Lipinski definition) is 4. The summed E-state index contributed by atoms with van der Waals surface area (Å²) in [5, 5.41) is 0. The Bertz CT molecular complexity index is 312. The van der Waals surface area contributed by atoms with E-state index in [0.717, 1.165) is 0 Å². The van der Waals surface area contributed by atoms with E-state index >= 15 is 0 Å². The molecule has 0 saturated carbocycles. The van der Waals surface area contributed by atoms with Gasteiger partial charge in [-0.2, -0.15) is 0 Å². The maximum absolute atomic E-state index is 12.3. The molecule has 0 spiro atoms. The highest BCUT2D eigenvalue weighted by atomic mass is 19.3. The Morgan fingerprint density at radius 3 is 2.50 bits per heavy atom. The zero-order valence-corrected chi connectivity index (χ0v) is 9.54. The van der Waals surface area contributed by atoms with Crippen molar-refractivity contribution in [1.82, 2.24) is 4.90 Å². The Balaban J connectivity index is 2.97. The summed E-state index contributed by atoms with van der Waals surface area (Å²) in [5.41, 5.74) is 0.972. The van der Waals surface area contributed by atoms with Gasteiger partial charge in [-0.3, -0.25) is 0 Å². The van der Waals surface area contributed by atoms with Crippen molar-refractivity contribution >= 4 is 6.34 Å². The molecule has 0 bridgehead atoms. The van der Waals surface area contributed by atoms with Crippen LogP contribution in [0.5, 0.6) is 0 Å². The van der Waals surface area contributed by atoms with Gasteiger partial charge >= 0.3 is 0 Å². The van der Waals surface area contributed by atoms with Crippen molar-refractivity contribution < 1.29 is 18.3 Å². The van der Waals surface area contributed by atoms with Gasteiger partial charge in [0.15, 0.2) is 0 Å². The fraction of sp³-hybridized carbons (Fsp3) is 0.600. The summed E-state index contributed by atoms with van der Waals surface area (Å²) in [6, 6.07) is 0. The van der Waals surface area contributed by atoms with Gasteiger partial charge in [0.2, 0.25) is 0 Å². The smallest absolute Gasteiger partial charge is 0.296 e. The summed E-state index contributed by atoms with van der Waals surface area (Å²) in [6.45, 7) is 4.97. The predicted molar refractivity (Wildman–Crippen MR) is 56.0 cm³/mol. The molecule has 91 valence electrons. The Hall–Kier alpha value is -1.01. The molecule has 0 unspecified atom stereocenters. The number of allylic oxidation sites excluding steroid dienone is 1. The fourth-order valence-corrected chi connectivity index (χ4v) is 1.51. The lowest BCUT2D eigenvalue weighted by Crippen LogP contribution is -2.42. The Kier molecular flexibility index (Phi) is 3.98. The van der Waals surface area contributed by atoms with Gasteiger partial charge in [-0.05, 0) is 13.8 Å². The Labute approximate surface area is 93.5 Å². The summed E-state index contributed by atoms with van der Waals surface area (Å²) < 4.78 is 34.8. The molecule has 0 aromatic heterocycles. The molecule has 1 aliphatic rings. The number of hydrogen-bond donors (Lipinski definition) is 0. The third kappa shape index (κ3) is 2.22. The maximum Gasteiger partial charge on any atom is 0.296 e. The van der Waals surface area contributed by atoms with Crippen molar-refractivity contribution in [2.24, 2.45) is 4.99 Å². The van der Waals surface area contributed by atoms with Crippen LogP contribution in [-0.4, -0.2) is 44.3 Å². The van der Waals surface area contributed by atoms with Crippen molar-refractivity contribution in [2.45, 2.75) is 19.3 Å². The molecule has 1 radical (unpaired) electrons. The van der Waals surface area contributed by atoms with E-state index in [-0.39, 0.29) is 0 Å². The second-order valence-electron chi connectivity index (χ2n) is 3.35. The van der Waals surface area contributed by atoms with Gasteiger partial charge in [0.25, 0.3) is 12.3 Å². The lowest BCUT2D eigenvalue weighted by atomic mass is 10.1. The standard InChI is InChI=1S/C10H15F2N2O2/c1-7-8(2)14(5-9(11)12)6-13-10(7,15-3)16-4/h6,9H,2,5H2,1,3-4H3. The zero-order valence-electron chi connectivity index (χ0n) is 9.54. The van der Waals surface area contributed by atoms with E-state index in [1.54, 1.807) is 6.92 Å². The number of halogens is 2. The molecular weight excluding hydrogens is 218 g/mol. The maximum atomic E-state index is 12.3. The molecular formula is C10H15F2N2O2. The van der Waals surface area contributed by atoms with Gasteiger partial charge in [-0.1, -0.05) is 0 Å². The van der Waals surface area contributed by atoms with Crippen LogP contribution in [0.2, 0.25) is 0 Å². The number of rotatable bonds is 4. The summed E-state index contributed by atoms with van der Waals surface area (Å²) >= 11 is 0. The Morgan fingerprint density at radius 2 is 2.06 bits per heavy atom. The van der Waals surface area contributed by atoms with Crippen LogP contribution in [0, 0.1) is 6.92 Å². The van der Waals surface area contributed by atoms with Crippen molar-refractivity contribution in [2.75, 3.05) is 20.8 Å². The first-order chi connectivity index (χ1) is 7.46. The molecule has 4 nitrogen and oxygen atoms in total. The van der Waals surface area contributed by atoms with Crippen molar-refractivity contribution in [3.05, 3.63) is 18.2 Å². The lowest BCUT2D eigenvalue weighted by Gasteiger charge is -2.35. The third-order valence-corrected chi connectivity index (χ3v) is 2.51. The van der Waals surface area contributed by atoms with Gasteiger partial charge in [0, 0.05) is 25.5 Å². The van der Waals surface area contributed by atoms with Gasteiger partial charge < -0.3 is 14.4 Å². The van der Waals surface area contributed by atoms with Crippen LogP contribution < -0.4 is 0 Å². The van der Waals surface area contributed by atoms with E-state index in [1.165, 1.54) is 25.5 Å². The largest absolute Gasteiger partial charge is 0.331 e. The molecule has 0 aromatic carbocycles. The fourth-order valence-electron chi connectivity index (χ4n) is 1.51. The van der Waals surface area contributed by atoms with Crippen LogP contribution in [0.1, 0.15) is 6.92 Å². The van der Waals surface area contributed by atoms with Gasteiger partial charge in [0.05, 0.1) is 12.9 Å². The zero-order chi connectivity index (χ0) is 12.3. The first-order valence-electron chi connectivity index (χ1n) is 4.70. The molecule has 1 aliphatic heterocycles. The molecule has 0 aromatic rings. The SMILES string of the molecule is [CH2]C1=C(C)C(OC)(OC)N=CN1CC(F)F. The van der Waals surface area contributed by atoms with E-state index in [2.05, 4.69) is 11.9 Å². The molecule has 0 saturated heterocycles. The van der Waals surface area contributed by atoms with Crippen LogP contribution in [0.15, 0.2) is 16.3 Å². The van der Waals surface area contributed by atoms with Crippen molar-refractivity contribution in [3.63, 3.8) is 0 Å². The van der Waals surface area contributed by atoms with Crippen LogP contribution in [0.25, 0.3) is 0 Å². The topological polar surface area (TPSA) is 34.1 Å². The van der Waals surface area contributed by atoms with Gasteiger partial charge in [-0.15, -0.1) is 0 Å². The molecule has 0 N–H and O–H groups in total. The molecule has 0 aliphatic carbocycles. The predicted octanol–water partition coefficient (Wildman–Crippen LogP) is 1.65. The number of methoxy groups -OCH3 is 2. The van der Waals surface area contributed by atoms with E-state index in [1.807, 2.05) is 0 Å². The van der Waals surface area contributed by atoms with E-state index in [0.29, 0.717) is 11.3 Å². The lowest BCUT2D eigenvalue weighted by molar-refractivity contribution is -0.174. The van der Waals surface area contributed by atoms with Crippen LogP contribution in [0.3, 0.4) is 0 Å². The van der Waals surface area contributed by atoms with Gasteiger partial charge in [-0.25, -0.2) is 13.8 Å². The monoisotopic (exact) mass is 233 g/mol. The summed E-state index contributed by atoms with van der Waals surface area (Å²) in [6.07, 6.45) is -1.19. The molecule has 1 rings (SSSR count). The van der Waals surface area contributed by atoms with Crippen molar-refractivity contribution in [3.8, 4) is 0 Å². The first-order valence-corrected chi connectivity index (χ1v) is 4.70. The van der Waals surface area contributed by atoms with Crippen LogP contribution in [-0.2, 0) is 9.47 Å². The molecule has 0 atom stereocenters. The average Bonchev–Trinajstić information content (AvgIpc) is 2.26. The molecule has 0 fully saturated rings. The highest BCUT2D eigenvalue weighted by Gasteiger charge is 2.36. The van der Waals surface area contributed by atoms with Crippen LogP contribution in [0.4, 0.5) is 8.78 Å². The average molecular weight is 233 g/mol. The molecule has 6 heteroatoms. The Morgan fingerprint density at radius 1 is 1.50 bits per heavy atom. The van der Waals surface area contributed by atoms with E-state index in [4.69, 9.17) is 9.47 Å². The van der Waals surface area contributed by atoms with E-state index in [9.17, 15) is 8.78 Å². The molecule has 1 heterocycles. The van der Waals surface area contributed by atoms with E-state index < -0.39 is 18.9 Å². The highest BCUT2D eigenvalue weighted by molar-refractivity contribution is 5.62. The number of ether oxygens (including phenoxy) is 2. The first kappa shape index (κ1) is 13.1. The summed E-state index contributed by atoms with van der Waals surface area (Å²) in [4.78, 5) is 5.26.